The van der Waals surface area contributed by atoms with Gasteiger partial charge in [-0.2, -0.15) is 0 Å². The van der Waals surface area contributed by atoms with Gasteiger partial charge < -0.3 is 0 Å². The van der Waals surface area contributed by atoms with Gasteiger partial charge in [0.25, 0.3) is 0 Å². The predicted molar refractivity (Wildman–Crippen MR) is 103 cm³/mol. The average molecular weight is 399 g/mol. The number of rotatable bonds is 16. The first-order valence-corrected chi connectivity index (χ1v) is 16.8. The molecule has 0 aliphatic heterocycles. The zero-order valence-corrected chi connectivity index (χ0v) is 17.8. The molecule has 0 aromatic heterocycles. The molecule has 0 aromatic rings. The quantitative estimate of drug-likeness (QED) is 0.185. The van der Waals surface area contributed by atoms with Crippen LogP contribution in [0.4, 0.5) is 0 Å². The van der Waals surface area contributed by atoms with Crippen molar-refractivity contribution in [2.24, 2.45) is 0 Å². The number of hydrogen-bond donors (Lipinski definition) is 0. The van der Waals surface area contributed by atoms with Gasteiger partial charge in [-0.3, -0.25) is 0 Å². The maximum atomic E-state index is 4.18. The van der Waals surface area contributed by atoms with Crippen molar-refractivity contribution < 1.29 is 0 Å². The third-order valence-corrected chi connectivity index (χ3v) is 16.8. The molecule has 21 heavy (non-hydrogen) atoms. The standard InChI is InChI=1S/2C8H17.2C2H3.Sn/c2*1-3-5-7-8-6-4-2;2*1-2;/h2*1,3-8H2,2H3;2*1H,2H2;. The fourth-order valence-electron chi connectivity index (χ4n) is 3.09. The van der Waals surface area contributed by atoms with Crippen LogP contribution >= 0.6 is 0 Å². The molecular formula is C20H40Sn. The van der Waals surface area contributed by atoms with Crippen LogP contribution in [0.15, 0.2) is 21.3 Å². The van der Waals surface area contributed by atoms with Gasteiger partial charge in [0.05, 0.1) is 0 Å². The van der Waals surface area contributed by atoms with Crippen LogP contribution in [0.1, 0.15) is 90.9 Å². The van der Waals surface area contributed by atoms with E-state index in [4.69, 9.17) is 0 Å². The molecular weight excluding hydrogens is 359 g/mol. The molecule has 0 aliphatic rings. The molecule has 0 spiro atoms. The molecule has 0 aromatic carbocycles. The summed E-state index contributed by atoms with van der Waals surface area (Å²) in [5.41, 5.74) is 0. The van der Waals surface area contributed by atoms with Gasteiger partial charge in [-0.15, -0.1) is 0 Å². The minimum atomic E-state index is -2.15. The first kappa shape index (κ1) is 21.3. The molecule has 0 nitrogen and oxygen atoms in total. The Balaban J connectivity index is 3.84. The van der Waals surface area contributed by atoms with Gasteiger partial charge in [0.15, 0.2) is 0 Å². The summed E-state index contributed by atoms with van der Waals surface area (Å²) in [6, 6.07) is 0. The fraction of sp³-hybridized carbons (Fsp3) is 0.800. The summed E-state index contributed by atoms with van der Waals surface area (Å²) < 4.78 is 7.67. The molecule has 0 amide bonds. The minimum absolute atomic E-state index is 1.35. The predicted octanol–water partition coefficient (Wildman–Crippen LogP) is 7.61. The van der Waals surface area contributed by atoms with E-state index in [9.17, 15) is 0 Å². The van der Waals surface area contributed by atoms with E-state index >= 15 is 0 Å². The van der Waals surface area contributed by atoms with Gasteiger partial charge in [-0.05, 0) is 0 Å². The van der Waals surface area contributed by atoms with Crippen LogP contribution < -0.4 is 0 Å². The van der Waals surface area contributed by atoms with E-state index in [0.29, 0.717) is 0 Å². The van der Waals surface area contributed by atoms with Crippen LogP contribution in [-0.2, 0) is 0 Å². The zero-order chi connectivity index (χ0) is 15.8. The number of unbranched alkanes of at least 4 members (excludes halogenated alkanes) is 10. The summed E-state index contributed by atoms with van der Waals surface area (Å²) in [4.78, 5) is 0. The third kappa shape index (κ3) is 11.5. The van der Waals surface area contributed by atoms with E-state index in [2.05, 4.69) is 35.2 Å². The van der Waals surface area contributed by atoms with Gasteiger partial charge in [0, 0.05) is 0 Å². The molecule has 0 saturated heterocycles. The van der Waals surface area contributed by atoms with Crippen LogP contribution in [0.25, 0.3) is 0 Å². The van der Waals surface area contributed by atoms with Crippen LogP contribution in [0.5, 0.6) is 0 Å². The second-order valence-electron chi connectivity index (χ2n) is 6.68. The van der Waals surface area contributed by atoms with Crippen molar-refractivity contribution in [2.75, 3.05) is 0 Å². The molecule has 0 rings (SSSR count). The Kier molecular flexibility index (Phi) is 15.4. The Morgan fingerprint density at radius 3 is 1.24 bits per heavy atom. The second-order valence-corrected chi connectivity index (χ2v) is 18.9. The molecule has 124 valence electrons. The summed E-state index contributed by atoms with van der Waals surface area (Å²) in [7, 11) is 0. The second kappa shape index (κ2) is 15.2. The van der Waals surface area contributed by atoms with E-state index in [-0.39, 0.29) is 0 Å². The molecule has 0 atom stereocenters. The first-order chi connectivity index (χ1) is 10.2. The maximum absolute atomic E-state index is 4.18. The van der Waals surface area contributed by atoms with Crippen LogP contribution in [0.3, 0.4) is 0 Å². The summed E-state index contributed by atoms with van der Waals surface area (Å²) >= 11 is -2.15. The molecule has 0 heterocycles. The average Bonchev–Trinajstić information content (AvgIpc) is 2.52. The van der Waals surface area contributed by atoms with Crippen molar-refractivity contribution in [3.8, 4) is 0 Å². The molecule has 1 heteroatoms. The van der Waals surface area contributed by atoms with E-state index in [1.54, 1.807) is 0 Å². The van der Waals surface area contributed by atoms with Crippen molar-refractivity contribution in [1.29, 1.82) is 0 Å². The third-order valence-electron chi connectivity index (χ3n) is 4.80. The molecule has 0 saturated carbocycles. The topological polar surface area (TPSA) is 0 Å². The van der Waals surface area contributed by atoms with Gasteiger partial charge in [0.2, 0.25) is 0 Å². The van der Waals surface area contributed by atoms with Crippen molar-refractivity contribution >= 4 is 18.4 Å². The van der Waals surface area contributed by atoms with Crippen molar-refractivity contribution in [1.82, 2.24) is 0 Å². The fourth-order valence-corrected chi connectivity index (χ4v) is 11.8. The summed E-state index contributed by atoms with van der Waals surface area (Å²) in [5.74, 6) is 0. The van der Waals surface area contributed by atoms with E-state index in [0.717, 1.165) is 0 Å². The normalized spacial score (nSPS) is 11.5. The van der Waals surface area contributed by atoms with Crippen molar-refractivity contribution in [2.45, 2.75) is 99.8 Å². The Bertz CT molecular complexity index is 218. The van der Waals surface area contributed by atoms with Crippen molar-refractivity contribution in [3.05, 3.63) is 21.3 Å². The van der Waals surface area contributed by atoms with Gasteiger partial charge in [-0.1, -0.05) is 0 Å². The van der Waals surface area contributed by atoms with Gasteiger partial charge in [0.1, 0.15) is 0 Å². The van der Waals surface area contributed by atoms with E-state index in [1.807, 2.05) is 0 Å². The Morgan fingerprint density at radius 1 is 0.571 bits per heavy atom. The van der Waals surface area contributed by atoms with Crippen LogP contribution in [0.2, 0.25) is 8.87 Å². The summed E-state index contributed by atoms with van der Waals surface area (Å²) in [6.45, 7) is 12.9. The number of hydrogen-bond acceptors (Lipinski definition) is 0. The van der Waals surface area contributed by atoms with Crippen LogP contribution in [-0.4, -0.2) is 18.4 Å². The SMILES string of the molecule is C=[CH][Sn]([CH]=C)([CH2]CCCCCCC)[CH2]CCCCCCC. The summed E-state index contributed by atoms with van der Waals surface area (Å²) in [5, 5.41) is 0. The monoisotopic (exact) mass is 400 g/mol. The molecule has 0 fully saturated rings. The molecule has 0 unspecified atom stereocenters. The van der Waals surface area contributed by atoms with Crippen molar-refractivity contribution in [3.63, 3.8) is 0 Å². The zero-order valence-electron chi connectivity index (χ0n) is 15.0. The first-order valence-electron chi connectivity index (χ1n) is 9.52. The van der Waals surface area contributed by atoms with Gasteiger partial charge >= 0.3 is 139 Å². The molecule has 0 aliphatic carbocycles. The van der Waals surface area contributed by atoms with Crippen LogP contribution in [0, 0.1) is 0 Å². The molecule has 0 bridgehead atoms. The van der Waals surface area contributed by atoms with E-state index < -0.39 is 18.4 Å². The van der Waals surface area contributed by atoms with Gasteiger partial charge in [-0.25, -0.2) is 0 Å². The molecule has 0 radical (unpaired) electrons. The summed E-state index contributed by atoms with van der Waals surface area (Å²) in [6.07, 6.45) is 16.9. The van der Waals surface area contributed by atoms with E-state index in [1.165, 1.54) is 85.9 Å². The Labute approximate surface area is 139 Å². The Morgan fingerprint density at radius 2 is 0.905 bits per heavy atom. The molecule has 0 N–H and O–H groups in total. The Hall–Kier alpha value is 0.279.